The van der Waals surface area contributed by atoms with Crippen LogP contribution < -0.4 is 5.56 Å². The van der Waals surface area contributed by atoms with Gasteiger partial charge in [0.05, 0.1) is 17.4 Å². The Bertz CT molecular complexity index is 982. The van der Waals surface area contributed by atoms with E-state index >= 15 is 0 Å². The molecular weight excluding hydrogens is 467 g/mol. The number of hydrogen-bond donors (Lipinski definition) is 0. The molecule has 0 atom stereocenters. The lowest BCUT2D eigenvalue weighted by molar-refractivity contribution is 0.658. The molecule has 0 fully saturated rings. The van der Waals surface area contributed by atoms with Gasteiger partial charge >= 0.3 is 0 Å². The highest BCUT2D eigenvalue weighted by atomic mass is 127. The molecule has 3 aromatic rings. The van der Waals surface area contributed by atoms with E-state index in [1.54, 1.807) is 4.57 Å². The highest BCUT2D eigenvalue weighted by Gasteiger charge is 2.12. The average Bonchev–Trinajstić information content (AvgIpc) is 2.59. The fourth-order valence-electron chi connectivity index (χ4n) is 2.42. The van der Waals surface area contributed by atoms with E-state index in [0.29, 0.717) is 22.8 Å². The summed E-state index contributed by atoms with van der Waals surface area (Å²) < 4.78 is 2.77. The minimum Gasteiger partial charge on any atom is -0.283 e. The van der Waals surface area contributed by atoms with Gasteiger partial charge < -0.3 is 0 Å². The van der Waals surface area contributed by atoms with Crippen molar-refractivity contribution in [2.45, 2.75) is 18.6 Å². The second kappa shape index (κ2) is 8.38. The summed E-state index contributed by atoms with van der Waals surface area (Å²) in [6.45, 7) is 2.34. The zero-order valence-corrected chi connectivity index (χ0v) is 17.3. The summed E-state index contributed by atoms with van der Waals surface area (Å²) in [6, 6.07) is 15.7. The highest BCUT2D eigenvalue weighted by molar-refractivity contribution is 14.1. The SMILES string of the molecule is C/C(Cl)=C\CSc1nc2ccc(I)cc2c(=O)n1Cc1ccccc1. The first kappa shape index (κ1) is 18.5. The van der Waals surface area contributed by atoms with Crippen molar-refractivity contribution in [3.8, 4) is 0 Å². The van der Waals surface area contributed by atoms with Crippen LogP contribution in [-0.2, 0) is 6.54 Å². The number of benzene rings is 2. The largest absolute Gasteiger partial charge is 0.283 e. The summed E-state index contributed by atoms with van der Waals surface area (Å²) in [4.78, 5) is 17.8. The van der Waals surface area contributed by atoms with Crippen molar-refractivity contribution >= 4 is 56.9 Å². The van der Waals surface area contributed by atoms with E-state index in [1.807, 2.05) is 61.5 Å². The van der Waals surface area contributed by atoms with Crippen LogP contribution in [0, 0.1) is 3.57 Å². The van der Waals surface area contributed by atoms with Crippen LogP contribution in [0.15, 0.2) is 69.6 Å². The molecule has 0 saturated carbocycles. The second-order valence-corrected chi connectivity index (χ2v) is 8.36. The normalized spacial score (nSPS) is 11.9. The molecule has 0 aliphatic rings. The maximum atomic E-state index is 13.1. The number of aromatic nitrogens is 2. The Morgan fingerprint density at radius 1 is 1.28 bits per heavy atom. The lowest BCUT2D eigenvalue weighted by Gasteiger charge is -2.13. The smallest absolute Gasteiger partial charge is 0.262 e. The van der Waals surface area contributed by atoms with Crippen LogP contribution in [0.3, 0.4) is 0 Å². The quantitative estimate of drug-likeness (QED) is 0.282. The van der Waals surface area contributed by atoms with Gasteiger partial charge in [0.2, 0.25) is 0 Å². The summed E-state index contributed by atoms with van der Waals surface area (Å²) in [5, 5.41) is 2.09. The molecular formula is C19H16ClIN2OS. The molecule has 0 unspecified atom stereocenters. The van der Waals surface area contributed by atoms with Crippen LogP contribution in [0.5, 0.6) is 0 Å². The van der Waals surface area contributed by atoms with Crippen molar-refractivity contribution in [2.24, 2.45) is 0 Å². The zero-order chi connectivity index (χ0) is 17.8. The van der Waals surface area contributed by atoms with Gasteiger partial charge in [0.1, 0.15) is 0 Å². The molecule has 128 valence electrons. The van der Waals surface area contributed by atoms with Gasteiger partial charge in [0, 0.05) is 14.4 Å². The van der Waals surface area contributed by atoms with E-state index in [4.69, 9.17) is 16.6 Å². The van der Waals surface area contributed by atoms with Crippen molar-refractivity contribution in [1.82, 2.24) is 9.55 Å². The first-order chi connectivity index (χ1) is 12.0. The Labute approximate surface area is 169 Å². The summed E-state index contributed by atoms with van der Waals surface area (Å²) in [5.74, 6) is 0.673. The Kier molecular flexibility index (Phi) is 6.19. The number of nitrogens with zero attached hydrogens (tertiary/aromatic N) is 2. The van der Waals surface area contributed by atoms with Crippen LogP contribution in [0.25, 0.3) is 10.9 Å². The summed E-state index contributed by atoms with van der Waals surface area (Å²) in [5.41, 5.74) is 1.78. The van der Waals surface area contributed by atoms with Crippen LogP contribution in [0.4, 0.5) is 0 Å². The van der Waals surface area contributed by atoms with Gasteiger partial charge in [-0.3, -0.25) is 9.36 Å². The topological polar surface area (TPSA) is 34.9 Å². The van der Waals surface area contributed by atoms with Gasteiger partial charge in [-0.05, 0) is 53.3 Å². The van der Waals surface area contributed by atoms with Crippen molar-refractivity contribution in [1.29, 1.82) is 0 Å². The molecule has 3 rings (SSSR count). The fraction of sp³-hybridized carbons (Fsp3) is 0.158. The zero-order valence-electron chi connectivity index (χ0n) is 13.6. The molecule has 0 aliphatic carbocycles. The number of thioether (sulfide) groups is 1. The molecule has 0 bridgehead atoms. The van der Waals surface area contributed by atoms with Gasteiger partial charge in [-0.2, -0.15) is 0 Å². The Morgan fingerprint density at radius 3 is 2.76 bits per heavy atom. The predicted molar refractivity (Wildman–Crippen MR) is 115 cm³/mol. The third-order valence-corrected chi connectivity index (χ3v) is 5.37. The van der Waals surface area contributed by atoms with Gasteiger partial charge in [0.15, 0.2) is 5.16 Å². The van der Waals surface area contributed by atoms with Gasteiger partial charge in [-0.25, -0.2) is 4.98 Å². The van der Waals surface area contributed by atoms with E-state index in [0.717, 1.165) is 19.7 Å². The van der Waals surface area contributed by atoms with Crippen molar-refractivity contribution in [2.75, 3.05) is 5.75 Å². The first-order valence-corrected chi connectivity index (χ1v) is 10.2. The summed E-state index contributed by atoms with van der Waals surface area (Å²) >= 11 is 9.65. The summed E-state index contributed by atoms with van der Waals surface area (Å²) in [7, 11) is 0. The van der Waals surface area contributed by atoms with Crippen molar-refractivity contribution in [3.63, 3.8) is 0 Å². The molecule has 0 saturated heterocycles. The average molecular weight is 483 g/mol. The predicted octanol–water partition coefficient (Wildman–Crippen LogP) is 5.28. The van der Waals surface area contributed by atoms with Crippen LogP contribution in [0.1, 0.15) is 12.5 Å². The Morgan fingerprint density at radius 2 is 2.04 bits per heavy atom. The van der Waals surface area contributed by atoms with Gasteiger partial charge in [0.25, 0.3) is 5.56 Å². The molecule has 1 heterocycles. The molecule has 6 heteroatoms. The van der Waals surface area contributed by atoms with E-state index in [1.165, 1.54) is 11.8 Å². The molecule has 0 amide bonds. The van der Waals surface area contributed by atoms with Crippen LogP contribution in [0.2, 0.25) is 0 Å². The number of rotatable bonds is 5. The maximum Gasteiger partial charge on any atom is 0.262 e. The van der Waals surface area contributed by atoms with Crippen molar-refractivity contribution < 1.29 is 0 Å². The van der Waals surface area contributed by atoms with Crippen molar-refractivity contribution in [3.05, 3.63) is 79.1 Å². The Hall–Kier alpha value is -1.31. The first-order valence-electron chi connectivity index (χ1n) is 7.73. The van der Waals surface area contributed by atoms with Gasteiger partial charge in [-0.15, -0.1) is 0 Å². The maximum absolute atomic E-state index is 13.1. The number of halogens is 2. The fourth-order valence-corrected chi connectivity index (χ4v) is 4.03. The standard InChI is InChI=1S/C19H16ClIN2OS/c1-13(20)9-10-25-19-22-17-8-7-15(21)11-16(17)18(24)23(19)12-14-5-3-2-4-6-14/h2-9,11H,10,12H2,1H3/b13-9+. The molecule has 1 aromatic heterocycles. The number of fused-ring (bicyclic) bond motifs is 1. The Balaban J connectivity index is 2.10. The molecule has 0 aliphatic heterocycles. The van der Waals surface area contributed by atoms with Crippen LogP contribution >= 0.6 is 46.0 Å². The monoisotopic (exact) mass is 482 g/mol. The molecule has 0 N–H and O–H groups in total. The molecule has 0 spiro atoms. The number of hydrogen-bond acceptors (Lipinski definition) is 3. The second-order valence-electron chi connectivity index (χ2n) is 5.53. The lowest BCUT2D eigenvalue weighted by atomic mass is 10.2. The highest BCUT2D eigenvalue weighted by Crippen LogP contribution is 2.21. The minimum atomic E-state index is -0.0126. The minimum absolute atomic E-state index is 0.0126. The number of allylic oxidation sites excluding steroid dienone is 1. The molecule has 25 heavy (non-hydrogen) atoms. The van der Waals surface area contributed by atoms with E-state index in [2.05, 4.69) is 22.6 Å². The summed E-state index contributed by atoms with van der Waals surface area (Å²) in [6.07, 6.45) is 1.92. The molecule has 0 radical (unpaired) electrons. The van der Waals surface area contributed by atoms with Gasteiger partial charge in [-0.1, -0.05) is 59.8 Å². The van der Waals surface area contributed by atoms with E-state index < -0.39 is 0 Å². The van der Waals surface area contributed by atoms with Crippen LogP contribution in [-0.4, -0.2) is 15.3 Å². The molecule has 2 aromatic carbocycles. The van der Waals surface area contributed by atoms with E-state index in [-0.39, 0.29) is 5.56 Å². The molecule has 3 nitrogen and oxygen atoms in total. The van der Waals surface area contributed by atoms with E-state index in [9.17, 15) is 4.79 Å². The third-order valence-electron chi connectivity index (χ3n) is 3.64. The lowest BCUT2D eigenvalue weighted by Crippen LogP contribution is -2.24. The third kappa shape index (κ3) is 4.65.